The van der Waals surface area contributed by atoms with Crippen LogP contribution in [0.15, 0.2) is 0 Å². The molecular formula is C11H21F3N2O. The highest BCUT2D eigenvalue weighted by molar-refractivity contribution is 4.78. The first-order valence-corrected chi connectivity index (χ1v) is 6.14. The molecular weight excluding hydrogens is 233 g/mol. The van der Waals surface area contributed by atoms with Crippen LogP contribution in [0.4, 0.5) is 13.2 Å². The monoisotopic (exact) mass is 254 g/mol. The Bertz CT molecular complexity index is 205. The van der Waals surface area contributed by atoms with Crippen LogP contribution in [0, 0.1) is 0 Å². The third-order valence-electron chi connectivity index (χ3n) is 2.99. The maximum atomic E-state index is 12.0. The van der Waals surface area contributed by atoms with Gasteiger partial charge in [-0.2, -0.15) is 13.2 Å². The lowest BCUT2D eigenvalue weighted by atomic mass is 10.2. The minimum atomic E-state index is -4.07. The van der Waals surface area contributed by atoms with Crippen molar-refractivity contribution in [2.24, 2.45) is 0 Å². The van der Waals surface area contributed by atoms with Crippen LogP contribution in [0.1, 0.15) is 25.7 Å². The summed E-state index contributed by atoms with van der Waals surface area (Å²) in [7, 11) is 0. The minimum Gasteiger partial charge on any atom is -0.395 e. The zero-order valence-electron chi connectivity index (χ0n) is 9.97. The maximum Gasteiger partial charge on any atom is 0.389 e. The van der Waals surface area contributed by atoms with Gasteiger partial charge in [0.25, 0.3) is 0 Å². The number of rotatable bonds is 7. The summed E-state index contributed by atoms with van der Waals surface area (Å²) in [5.74, 6) is 0. The molecule has 1 heterocycles. The third-order valence-corrected chi connectivity index (χ3v) is 2.99. The van der Waals surface area contributed by atoms with Crippen molar-refractivity contribution < 1.29 is 18.3 Å². The topological polar surface area (TPSA) is 35.5 Å². The highest BCUT2D eigenvalue weighted by Crippen LogP contribution is 2.21. The van der Waals surface area contributed by atoms with E-state index < -0.39 is 12.6 Å². The van der Waals surface area contributed by atoms with E-state index in [2.05, 4.69) is 5.32 Å². The van der Waals surface area contributed by atoms with Crippen LogP contribution in [-0.4, -0.2) is 55.0 Å². The summed E-state index contributed by atoms with van der Waals surface area (Å²) in [6.45, 7) is 2.58. The quantitative estimate of drug-likeness (QED) is 0.720. The molecule has 0 aromatic rings. The number of nitrogens with one attached hydrogen (secondary N) is 1. The zero-order valence-corrected chi connectivity index (χ0v) is 9.97. The van der Waals surface area contributed by atoms with Gasteiger partial charge >= 0.3 is 6.18 Å². The van der Waals surface area contributed by atoms with Crippen LogP contribution in [0.5, 0.6) is 0 Å². The normalized spacial score (nSPS) is 21.4. The fourth-order valence-electron chi connectivity index (χ4n) is 2.16. The molecule has 1 fully saturated rings. The lowest BCUT2D eigenvalue weighted by Crippen LogP contribution is -2.39. The van der Waals surface area contributed by atoms with Gasteiger partial charge in [-0.1, -0.05) is 0 Å². The predicted molar refractivity (Wildman–Crippen MR) is 59.8 cm³/mol. The third kappa shape index (κ3) is 6.85. The number of hydrogen-bond acceptors (Lipinski definition) is 3. The smallest absolute Gasteiger partial charge is 0.389 e. The second-order valence-electron chi connectivity index (χ2n) is 4.54. The molecule has 0 radical (unpaired) electrons. The van der Waals surface area contributed by atoms with Crippen LogP contribution in [0.3, 0.4) is 0 Å². The largest absolute Gasteiger partial charge is 0.395 e. The Morgan fingerprint density at radius 1 is 1.29 bits per heavy atom. The van der Waals surface area contributed by atoms with Crippen molar-refractivity contribution in [3.8, 4) is 0 Å². The van der Waals surface area contributed by atoms with Gasteiger partial charge in [-0.05, 0) is 32.4 Å². The first-order valence-electron chi connectivity index (χ1n) is 6.14. The van der Waals surface area contributed by atoms with Gasteiger partial charge < -0.3 is 10.4 Å². The van der Waals surface area contributed by atoms with Crippen molar-refractivity contribution in [2.45, 2.75) is 37.9 Å². The molecule has 1 aliphatic heterocycles. The van der Waals surface area contributed by atoms with Gasteiger partial charge in [0.05, 0.1) is 6.61 Å². The fraction of sp³-hybridized carbons (Fsp3) is 1.00. The van der Waals surface area contributed by atoms with Crippen LogP contribution in [-0.2, 0) is 0 Å². The second kappa shape index (κ2) is 7.18. The lowest BCUT2D eigenvalue weighted by molar-refractivity contribution is -0.136. The molecule has 0 saturated carbocycles. The number of hydrogen-bond donors (Lipinski definition) is 2. The van der Waals surface area contributed by atoms with Crippen LogP contribution in [0.25, 0.3) is 0 Å². The van der Waals surface area contributed by atoms with Crippen molar-refractivity contribution in [2.75, 3.05) is 32.8 Å². The summed E-state index contributed by atoms with van der Waals surface area (Å²) in [6, 6.07) is 0.368. The van der Waals surface area contributed by atoms with Gasteiger partial charge in [-0.15, -0.1) is 0 Å². The summed E-state index contributed by atoms with van der Waals surface area (Å²) in [4.78, 5) is 1.91. The highest BCUT2D eigenvalue weighted by atomic mass is 19.4. The fourth-order valence-corrected chi connectivity index (χ4v) is 2.16. The number of halogens is 3. The Morgan fingerprint density at radius 3 is 2.59 bits per heavy atom. The van der Waals surface area contributed by atoms with Crippen molar-refractivity contribution in [1.29, 1.82) is 0 Å². The molecule has 0 aliphatic carbocycles. The molecule has 1 unspecified atom stereocenters. The van der Waals surface area contributed by atoms with Gasteiger partial charge in [0.1, 0.15) is 0 Å². The van der Waals surface area contributed by atoms with Gasteiger partial charge in [-0.3, -0.25) is 4.90 Å². The number of nitrogens with zero attached hydrogens (tertiary/aromatic N) is 1. The van der Waals surface area contributed by atoms with E-state index in [0.717, 1.165) is 25.9 Å². The highest BCUT2D eigenvalue weighted by Gasteiger charge is 2.26. The van der Waals surface area contributed by atoms with Crippen LogP contribution >= 0.6 is 0 Å². The van der Waals surface area contributed by atoms with E-state index in [1.54, 1.807) is 0 Å². The molecule has 2 N–H and O–H groups in total. The number of aliphatic hydroxyl groups excluding tert-OH is 1. The van der Waals surface area contributed by atoms with Crippen molar-refractivity contribution in [1.82, 2.24) is 10.2 Å². The molecule has 0 spiro atoms. The van der Waals surface area contributed by atoms with Gasteiger partial charge in [0.15, 0.2) is 0 Å². The summed E-state index contributed by atoms with van der Waals surface area (Å²) in [5.41, 5.74) is 0. The zero-order chi connectivity index (χ0) is 12.7. The van der Waals surface area contributed by atoms with E-state index >= 15 is 0 Å². The Balaban J connectivity index is 2.22. The molecule has 0 aromatic carbocycles. The van der Waals surface area contributed by atoms with Gasteiger partial charge in [0.2, 0.25) is 0 Å². The van der Waals surface area contributed by atoms with E-state index in [1.807, 2.05) is 4.90 Å². The SMILES string of the molecule is OCCN(CCCC(F)(F)F)CC1CCCN1. The van der Waals surface area contributed by atoms with Crippen molar-refractivity contribution in [3.05, 3.63) is 0 Å². The number of aliphatic hydroxyl groups is 1. The average Bonchev–Trinajstić information content (AvgIpc) is 2.68. The molecule has 0 bridgehead atoms. The van der Waals surface area contributed by atoms with Gasteiger partial charge in [-0.25, -0.2) is 0 Å². The van der Waals surface area contributed by atoms with Crippen molar-refractivity contribution >= 4 is 0 Å². The molecule has 1 rings (SSSR count). The standard InChI is InChI=1S/C11H21F3N2O/c12-11(13,14)4-2-6-16(7-8-17)9-10-3-1-5-15-10/h10,15,17H,1-9H2. The molecule has 0 aromatic heterocycles. The molecule has 6 heteroatoms. The molecule has 102 valence electrons. The molecule has 17 heavy (non-hydrogen) atoms. The van der Waals surface area contributed by atoms with E-state index in [1.165, 1.54) is 0 Å². The second-order valence-corrected chi connectivity index (χ2v) is 4.54. The van der Waals surface area contributed by atoms with Gasteiger partial charge in [0, 0.05) is 25.6 Å². The van der Waals surface area contributed by atoms with Crippen molar-refractivity contribution in [3.63, 3.8) is 0 Å². The first kappa shape index (κ1) is 14.7. The molecule has 1 atom stereocenters. The van der Waals surface area contributed by atoms with Crippen LogP contribution in [0.2, 0.25) is 0 Å². The minimum absolute atomic E-state index is 0.00125. The molecule has 1 saturated heterocycles. The van der Waals surface area contributed by atoms with E-state index in [-0.39, 0.29) is 13.0 Å². The Morgan fingerprint density at radius 2 is 2.06 bits per heavy atom. The molecule has 3 nitrogen and oxygen atoms in total. The average molecular weight is 254 g/mol. The number of alkyl halides is 3. The van der Waals surface area contributed by atoms with Crippen LogP contribution < -0.4 is 5.32 Å². The van der Waals surface area contributed by atoms with E-state index in [0.29, 0.717) is 19.1 Å². The predicted octanol–water partition coefficient (Wildman–Crippen LogP) is 1.38. The summed E-state index contributed by atoms with van der Waals surface area (Å²) < 4.78 is 36.0. The van der Waals surface area contributed by atoms with E-state index in [9.17, 15) is 13.2 Å². The summed E-state index contributed by atoms with van der Waals surface area (Å²) in [5, 5.41) is 12.2. The lowest BCUT2D eigenvalue weighted by Gasteiger charge is -2.25. The molecule has 1 aliphatic rings. The Labute approximate surface area is 100.0 Å². The molecule has 0 amide bonds. The summed E-state index contributed by atoms with van der Waals surface area (Å²) >= 11 is 0. The maximum absolute atomic E-state index is 12.0. The van der Waals surface area contributed by atoms with E-state index in [4.69, 9.17) is 5.11 Å². The summed E-state index contributed by atoms with van der Waals surface area (Å²) in [6.07, 6.45) is -2.51. The Hall–Kier alpha value is -0.330. The Kier molecular flexibility index (Phi) is 6.22. The first-order chi connectivity index (χ1) is 8.01.